The van der Waals surface area contributed by atoms with Gasteiger partial charge in [0.2, 0.25) is 0 Å². The highest BCUT2D eigenvalue weighted by Gasteiger charge is 2.47. The van der Waals surface area contributed by atoms with Crippen molar-refractivity contribution in [3.8, 4) is 138 Å². The van der Waals surface area contributed by atoms with E-state index in [9.17, 15) is 19.8 Å². The van der Waals surface area contributed by atoms with Gasteiger partial charge in [-0.15, -0.1) is 0 Å². The van der Waals surface area contributed by atoms with Gasteiger partial charge in [-0.05, 0) is 239 Å². The molecule has 0 saturated heterocycles. The molecule has 0 saturated carbocycles. The van der Waals surface area contributed by atoms with Crippen molar-refractivity contribution >= 4 is 23.2 Å². The third kappa shape index (κ3) is 16.5. The molecule has 0 radical (unpaired) electrons. The van der Waals surface area contributed by atoms with E-state index in [1.165, 1.54) is 12.1 Å². The summed E-state index contributed by atoms with van der Waals surface area (Å²) in [5, 5.41) is 27.8. The Labute approximate surface area is 678 Å². The third-order valence-corrected chi connectivity index (χ3v) is 20.0. The number of nitrogens with one attached hydrogen (secondary N) is 2. The molecule has 117 heavy (non-hydrogen) atoms. The van der Waals surface area contributed by atoms with Crippen LogP contribution in [0.25, 0.3) is 33.4 Å². The summed E-state index contributed by atoms with van der Waals surface area (Å²) in [6.07, 6.45) is 0. The number of phenols is 2. The number of amides is 2. The Morgan fingerprint density at radius 3 is 0.897 bits per heavy atom. The first kappa shape index (κ1) is 73.3. The van der Waals surface area contributed by atoms with Crippen LogP contribution in [-0.2, 0) is 5.41 Å². The lowest BCUT2D eigenvalue weighted by Gasteiger charge is -2.35. The Bertz CT molecular complexity index is 6280. The number of ether oxygens (including phenoxy) is 4. The van der Waals surface area contributed by atoms with Crippen LogP contribution in [0, 0.1) is 47.4 Å². The second-order valence-corrected chi connectivity index (χ2v) is 27.6. The molecule has 17 rings (SSSR count). The molecule has 1 aliphatic rings. The van der Waals surface area contributed by atoms with Gasteiger partial charge < -0.3 is 39.8 Å². The minimum atomic E-state index is -0.859. The molecule has 10 heteroatoms. The van der Waals surface area contributed by atoms with Crippen LogP contribution in [0.1, 0.15) is 87.5 Å². The lowest BCUT2D eigenvalue weighted by atomic mass is 9.67. The summed E-state index contributed by atoms with van der Waals surface area (Å²) in [4.78, 5) is 27.5. The summed E-state index contributed by atoms with van der Waals surface area (Å²) in [6, 6.07) is 124. The fraction of sp³-hybridized carbons (Fsp3) is 0.00935. The molecule has 16 aromatic carbocycles. The maximum absolute atomic E-state index is 13.7. The molecular formula is C107H68N2O8. The number of aromatic hydroxyl groups is 2. The molecule has 0 spiro atoms. The Balaban J connectivity index is 0.652. The van der Waals surface area contributed by atoms with Crippen molar-refractivity contribution in [1.82, 2.24) is 0 Å². The average molecular weight is 1510 g/mol. The SMILES string of the molecule is O=C(Nc1ccc(Oc2ccc(Oc3ccc(C4(c5ccc(Oc6ccc(Oc7ccc(NC(=O)c8ccc(C#Cc9ccccc9)c(O)c8)cc7C#Cc7ccccc7)cc6)c(-c6ccccc6)c5)c5ccccc5-c5ccccc54)cc3-c3ccccc3)cc2)c(C#Cc2ccccc2)c1)c1ccc(C#Cc2ccccc2)c(O)c1. The normalized spacial score (nSPS) is 11.2. The highest BCUT2D eigenvalue weighted by molar-refractivity contribution is 6.06. The fourth-order valence-corrected chi connectivity index (χ4v) is 14.3. The molecule has 0 aromatic heterocycles. The van der Waals surface area contributed by atoms with Crippen molar-refractivity contribution in [2.24, 2.45) is 0 Å². The molecule has 2 amide bonds. The second kappa shape index (κ2) is 33.6. The van der Waals surface area contributed by atoms with Gasteiger partial charge in [-0.1, -0.05) is 241 Å². The van der Waals surface area contributed by atoms with Gasteiger partial charge in [0.15, 0.2) is 0 Å². The number of carbonyl (C=O) groups excluding carboxylic acids is 2. The highest BCUT2D eigenvalue weighted by Crippen LogP contribution is 2.58. The van der Waals surface area contributed by atoms with Crippen molar-refractivity contribution in [2.75, 3.05) is 10.6 Å². The topological polar surface area (TPSA) is 136 Å². The van der Waals surface area contributed by atoms with Gasteiger partial charge in [0, 0.05) is 55.9 Å². The van der Waals surface area contributed by atoms with Gasteiger partial charge in [-0.2, -0.15) is 0 Å². The van der Waals surface area contributed by atoms with Crippen LogP contribution < -0.4 is 29.6 Å². The van der Waals surface area contributed by atoms with Crippen LogP contribution in [0.2, 0.25) is 0 Å². The van der Waals surface area contributed by atoms with Crippen LogP contribution in [0.15, 0.2) is 388 Å². The number of carbonyl (C=O) groups is 2. The molecular weight excluding hydrogens is 1440 g/mol. The number of benzene rings is 16. The molecule has 10 nitrogen and oxygen atoms in total. The van der Waals surface area contributed by atoms with Gasteiger partial charge >= 0.3 is 0 Å². The van der Waals surface area contributed by atoms with Crippen molar-refractivity contribution in [1.29, 1.82) is 0 Å². The van der Waals surface area contributed by atoms with Crippen LogP contribution in [0.3, 0.4) is 0 Å². The van der Waals surface area contributed by atoms with Crippen molar-refractivity contribution < 1.29 is 38.7 Å². The Kier molecular flexibility index (Phi) is 21.1. The minimum Gasteiger partial charge on any atom is -0.507 e. The molecule has 1 aliphatic carbocycles. The zero-order valence-electron chi connectivity index (χ0n) is 62.8. The lowest BCUT2D eigenvalue weighted by Crippen LogP contribution is -2.28. The zero-order chi connectivity index (χ0) is 79.3. The number of fused-ring (bicyclic) bond motifs is 3. The van der Waals surface area contributed by atoms with Crippen LogP contribution in [-0.4, -0.2) is 22.0 Å². The molecule has 4 N–H and O–H groups in total. The van der Waals surface area contributed by atoms with E-state index in [0.29, 0.717) is 79.6 Å². The van der Waals surface area contributed by atoms with Crippen molar-refractivity contribution in [3.05, 3.63) is 466 Å². The average Bonchev–Trinajstić information content (AvgIpc) is 1.55. The zero-order valence-corrected chi connectivity index (χ0v) is 62.8. The molecule has 0 atom stereocenters. The van der Waals surface area contributed by atoms with Crippen LogP contribution in [0.4, 0.5) is 11.4 Å². The van der Waals surface area contributed by atoms with E-state index in [1.54, 1.807) is 60.7 Å². The Hall–Kier alpha value is -16.5. The fourth-order valence-electron chi connectivity index (χ4n) is 14.3. The van der Waals surface area contributed by atoms with Crippen molar-refractivity contribution in [3.63, 3.8) is 0 Å². The maximum atomic E-state index is 13.7. The second-order valence-electron chi connectivity index (χ2n) is 27.6. The molecule has 0 bridgehead atoms. The summed E-state index contributed by atoms with van der Waals surface area (Å²) in [7, 11) is 0. The third-order valence-electron chi connectivity index (χ3n) is 20.0. The number of phenolic OH excluding ortho intramolecular Hbond substituents is 2. The number of hydrogen-bond donors (Lipinski definition) is 4. The molecule has 0 heterocycles. The molecule has 0 aliphatic heterocycles. The molecule has 16 aromatic rings. The van der Waals surface area contributed by atoms with Gasteiger partial charge in [-0.25, -0.2) is 0 Å². The largest absolute Gasteiger partial charge is 0.507 e. The van der Waals surface area contributed by atoms with E-state index in [1.807, 2.05) is 206 Å². The van der Waals surface area contributed by atoms with E-state index in [0.717, 1.165) is 77.9 Å². The van der Waals surface area contributed by atoms with E-state index < -0.39 is 17.2 Å². The standard InChI is InChI=1S/C107H68N2O8/c110-99-69-83(49-47-79(99)43-39-73-23-7-1-8-24-73)105(112)108-87-53-65-101(81(67-87)45-41-75-27-11-3-12-28-75)114-89-55-59-91(60-56-89)116-103-63-51-85(71-95(103)77-31-15-5-16-32-77)107(97-37-21-19-35-93(97)94-36-20-22-38-98(94)107)86-52-64-104(96(72-86)78-33-17-6-18-34-78)117-92-61-57-90(58-62-92)115-102-66-54-88(68-82(102)46-42-76-29-13-4-14-30-76)109-106(113)84-50-48-80(100(111)70-84)44-40-74-25-9-2-10-26-74/h1-38,47-72,110-111H,(H,108,112)(H,109,113). The summed E-state index contributed by atoms with van der Waals surface area (Å²) in [5.74, 6) is 28.5. The minimum absolute atomic E-state index is 0.105. The van der Waals surface area contributed by atoms with Crippen LogP contribution >= 0.6 is 0 Å². The van der Waals surface area contributed by atoms with Gasteiger partial charge in [0.25, 0.3) is 11.8 Å². The summed E-state index contributed by atoms with van der Waals surface area (Å²) in [6.45, 7) is 0. The quantitative estimate of drug-likeness (QED) is 0.0703. The highest BCUT2D eigenvalue weighted by atomic mass is 16.5. The van der Waals surface area contributed by atoms with Crippen molar-refractivity contribution in [2.45, 2.75) is 5.41 Å². The van der Waals surface area contributed by atoms with E-state index in [2.05, 4.69) is 167 Å². The summed E-state index contributed by atoms with van der Waals surface area (Å²) < 4.78 is 27.2. The first-order valence-corrected chi connectivity index (χ1v) is 37.9. The van der Waals surface area contributed by atoms with Gasteiger partial charge in [-0.3, -0.25) is 9.59 Å². The van der Waals surface area contributed by atoms with Crippen LogP contribution in [0.5, 0.6) is 57.5 Å². The summed E-state index contributed by atoms with van der Waals surface area (Å²) in [5.41, 5.74) is 15.9. The smallest absolute Gasteiger partial charge is 0.255 e. The Morgan fingerprint density at radius 1 is 0.256 bits per heavy atom. The lowest BCUT2D eigenvalue weighted by molar-refractivity contribution is 0.101. The maximum Gasteiger partial charge on any atom is 0.255 e. The predicted octanol–water partition coefficient (Wildman–Crippen LogP) is 24.1. The monoisotopic (exact) mass is 1510 g/mol. The number of anilines is 2. The van der Waals surface area contributed by atoms with E-state index in [-0.39, 0.29) is 22.6 Å². The first-order valence-electron chi connectivity index (χ1n) is 37.9. The predicted molar refractivity (Wildman–Crippen MR) is 462 cm³/mol. The summed E-state index contributed by atoms with van der Waals surface area (Å²) >= 11 is 0. The number of rotatable bonds is 16. The van der Waals surface area contributed by atoms with Gasteiger partial charge in [0.1, 0.15) is 57.5 Å². The number of hydrogen-bond acceptors (Lipinski definition) is 8. The van der Waals surface area contributed by atoms with E-state index in [4.69, 9.17) is 18.9 Å². The van der Waals surface area contributed by atoms with E-state index >= 15 is 0 Å². The first-order chi connectivity index (χ1) is 57.6. The molecule has 554 valence electrons. The molecule has 0 fully saturated rings. The Morgan fingerprint density at radius 2 is 0.556 bits per heavy atom. The molecule has 0 unspecified atom stereocenters. The van der Waals surface area contributed by atoms with Gasteiger partial charge in [0.05, 0.1) is 27.7 Å².